The lowest BCUT2D eigenvalue weighted by molar-refractivity contribution is -0.384. The minimum atomic E-state index is -0.428. The Hall–Kier alpha value is -1.66. The average Bonchev–Trinajstić information content (AvgIpc) is 2.35. The molecule has 0 heterocycles. The molecule has 3 atom stereocenters. The Morgan fingerprint density at radius 3 is 2.56 bits per heavy atom. The van der Waals surface area contributed by atoms with E-state index in [0.717, 1.165) is 6.42 Å². The molecule has 6 heteroatoms. The Bertz CT molecular complexity index is 421. The zero-order valence-electron chi connectivity index (χ0n) is 10.3. The number of ether oxygens (including phenoxy) is 2. The average molecular weight is 252 g/mol. The molecule has 1 aromatic carbocycles. The van der Waals surface area contributed by atoms with E-state index in [9.17, 15) is 10.1 Å². The Kier molecular flexibility index (Phi) is 3.78. The molecule has 18 heavy (non-hydrogen) atoms. The van der Waals surface area contributed by atoms with Crippen molar-refractivity contribution in [3.8, 4) is 5.75 Å². The normalized spacial score (nSPS) is 26.4. The molecule has 0 aliphatic heterocycles. The first-order valence-electron chi connectivity index (χ1n) is 5.77. The predicted octanol–water partition coefficient (Wildman–Crippen LogP) is 1.35. The number of hydrogen-bond donors (Lipinski definition) is 1. The molecular weight excluding hydrogens is 236 g/mol. The number of non-ortho nitro benzene ring substituents is 1. The fraction of sp³-hybridized carbons (Fsp3) is 0.500. The Labute approximate surface area is 105 Å². The summed E-state index contributed by atoms with van der Waals surface area (Å²) in [5.74, 6) is 0.627. The molecule has 1 saturated carbocycles. The lowest BCUT2D eigenvalue weighted by Crippen LogP contribution is -2.60. The van der Waals surface area contributed by atoms with Gasteiger partial charge in [0.25, 0.3) is 5.69 Å². The van der Waals surface area contributed by atoms with Crippen molar-refractivity contribution in [2.75, 3.05) is 14.2 Å². The van der Waals surface area contributed by atoms with Gasteiger partial charge in [0.05, 0.1) is 4.92 Å². The zero-order chi connectivity index (χ0) is 13.1. The second-order valence-corrected chi connectivity index (χ2v) is 4.24. The van der Waals surface area contributed by atoms with Crippen molar-refractivity contribution in [3.05, 3.63) is 34.4 Å². The topological polar surface area (TPSA) is 73.6 Å². The highest BCUT2D eigenvalue weighted by molar-refractivity contribution is 5.36. The van der Waals surface area contributed by atoms with Crippen LogP contribution in [-0.4, -0.2) is 37.3 Å². The molecule has 1 aromatic rings. The quantitative estimate of drug-likeness (QED) is 0.632. The minimum absolute atomic E-state index is 0.00564. The fourth-order valence-corrected chi connectivity index (χ4v) is 2.12. The number of nitrogens with zero attached hydrogens (tertiary/aromatic N) is 1. The van der Waals surface area contributed by atoms with E-state index in [-0.39, 0.29) is 17.9 Å². The molecule has 2 rings (SSSR count). The van der Waals surface area contributed by atoms with Crippen LogP contribution >= 0.6 is 0 Å². The van der Waals surface area contributed by atoms with Crippen molar-refractivity contribution in [2.24, 2.45) is 0 Å². The Morgan fingerprint density at radius 1 is 1.39 bits per heavy atom. The molecule has 0 radical (unpaired) electrons. The molecule has 0 bridgehead atoms. The number of hydrogen-bond acceptors (Lipinski definition) is 5. The first kappa shape index (κ1) is 12.8. The highest BCUT2D eigenvalue weighted by Crippen LogP contribution is 2.29. The maximum atomic E-state index is 10.5. The summed E-state index contributed by atoms with van der Waals surface area (Å²) in [5.41, 5.74) is 0.0624. The number of methoxy groups -OCH3 is 1. The summed E-state index contributed by atoms with van der Waals surface area (Å²) in [6.45, 7) is 0. The molecular formula is C12H16N2O4. The second kappa shape index (κ2) is 5.32. The monoisotopic (exact) mass is 252 g/mol. The van der Waals surface area contributed by atoms with E-state index >= 15 is 0 Å². The van der Waals surface area contributed by atoms with Crippen LogP contribution in [0.1, 0.15) is 6.42 Å². The fourth-order valence-electron chi connectivity index (χ4n) is 2.12. The first-order chi connectivity index (χ1) is 8.65. The van der Waals surface area contributed by atoms with Gasteiger partial charge in [-0.15, -0.1) is 0 Å². The molecule has 1 aliphatic rings. The molecule has 1 N–H and O–H groups in total. The molecule has 0 saturated heterocycles. The number of nitro benzene ring substituents is 1. The summed E-state index contributed by atoms with van der Waals surface area (Å²) in [6, 6.07) is 6.39. The Morgan fingerprint density at radius 2 is 2.06 bits per heavy atom. The Balaban J connectivity index is 1.96. The van der Waals surface area contributed by atoms with E-state index in [1.165, 1.54) is 12.1 Å². The number of likely N-dealkylation sites (N-methyl/N-ethyl adjacent to an activating group) is 1. The first-order valence-corrected chi connectivity index (χ1v) is 5.77. The van der Waals surface area contributed by atoms with Crippen molar-refractivity contribution in [1.82, 2.24) is 5.32 Å². The molecule has 0 spiro atoms. The van der Waals surface area contributed by atoms with Gasteiger partial charge in [0.2, 0.25) is 0 Å². The smallest absolute Gasteiger partial charge is 0.269 e. The van der Waals surface area contributed by atoms with Gasteiger partial charge in [-0.05, 0) is 19.2 Å². The highest BCUT2D eigenvalue weighted by Gasteiger charge is 2.42. The third-order valence-electron chi connectivity index (χ3n) is 3.23. The van der Waals surface area contributed by atoms with Gasteiger partial charge in [-0.25, -0.2) is 0 Å². The van der Waals surface area contributed by atoms with Gasteiger partial charge in [-0.3, -0.25) is 10.1 Å². The minimum Gasteiger partial charge on any atom is -0.488 e. The lowest BCUT2D eigenvalue weighted by atomic mass is 9.85. The summed E-state index contributed by atoms with van der Waals surface area (Å²) in [5, 5.41) is 13.7. The molecule has 98 valence electrons. The van der Waals surface area contributed by atoms with Gasteiger partial charge >= 0.3 is 0 Å². The van der Waals surface area contributed by atoms with E-state index in [2.05, 4.69) is 5.32 Å². The van der Waals surface area contributed by atoms with Crippen LogP contribution in [0.4, 0.5) is 5.69 Å². The van der Waals surface area contributed by atoms with Gasteiger partial charge in [0, 0.05) is 31.7 Å². The van der Waals surface area contributed by atoms with Crippen molar-refractivity contribution in [3.63, 3.8) is 0 Å². The van der Waals surface area contributed by atoms with Crippen LogP contribution in [0, 0.1) is 10.1 Å². The molecule has 3 unspecified atom stereocenters. The molecule has 1 fully saturated rings. The van der Waals surface area contributed by atoms with Gasteiger partial charge in [0.1, 0.15) is 18.0 Å². The van der Waals surface area contributed by atoms with Crippen LogP contribution in [0.2, 0.25) is 0 Å². The number of nitrogens with one attached hydrogen (secondary N) is 1. The zero-order valence-corrected chi connectivity index (χ0v) is 10.3. The van der Waals surface area contributed by atoms with Crippen LogP contribution in [-0.2, 0) is 4.74 Å². The molecule has 1 aliphatic carbocycles. The van der Waals surface area contributed by atoms with E-state index in [0.29, 0.717) is 11.8 Å². The summed E-state index contributed by atoms with van der Waals surface area (Å²) < 4.78 is 11.1. The van der Waals surface area contributed by atoms with Crippen molar-refractivity contribution in [1.29, 1.82) is 0 Å². The van der Waals surface area contributed by atoms with Crippen LogP contribution in [0.3, 0.4) is 0 Å². The maximum Gasteiger partial charge on any atom is 0.269 e. The van der Waals surface area contributed by atoms with Crippen LogP contribution in [0.25, 0.3) is 0 Å². The van der Waals surface area contributed by atoms with E-state index in [1.807, 2.05) is 7.05 Å². The van der Waals surface area contributed by atoms with Crippen LogP contribution in [0.5, 0.6) is 5.75 Å². The van der Waals surface area contributed by atoms with E-state index < -0.39 is 4.92 Å². The summed E-state index contributed by atoms with van der Waals surface area (Å²) >= 11 is 0. The largest absolute Gasteiger partial charge is 0.488 e. The third kappa shape index (κ3) is 2.44. The van der Waals surface area contributed by atoms with E-state index in [1.54, 1.807) is 19.2 Å². The van der Waals surface area contributed by atoms with Crippen molar-refractivity contribution >= 4 is 5.69 Å². The van der Waals surface area contributed by atoms with Crippen molar-refractivity contribution < 1.29 is 14.4 Å². The molecule has 0 aromatic heterocycles. The third-order valence-corrected chi connectivity index (χ3v) is 3.23. The van der Waals surface area contributed by atoms with Crippen molar-refractivity contribution in [2.45, 2.75) is 24.7 Å². The molecule has 0 amide bonds. The van der Waals surface area contributed by atoms with Crippen LogP contribution in [0.15, 0.2) is 24.3 Å². The highest BCUT2D eigenvalue weighted by atomic mass is 16.6. The number of rotatable bonds is 5. The summed E-state index contributed by atoms with van der Waals surface area (Å²) in [6.07, 6.45) is 0.880. The van der Waals surface area contributed by atoms with Gasteiger partial charge in [-0.2, -0.15) is 0 Å². The summed E-state index contributed by atoms with van der Waals surface area (Å²) in [4.78, 5) is 10.1. The van der Waals surface area contributed by atoms with Gasteiger partial charge < -0.3 is 14.8 Å². The second-order valence-electron chi connectivity index (χ2n) is 4.24. The predicted molar refractivity (Wildman–Crippen MR) is 65.8 cm³/mol. The van der Waals surface area contributed by atoms with Gasteiger partial charge in [0.15, 0.2) is 0 Å². The lowest BCUT2D eigenvalue weighted by Gasteiger charge is -2.42. The van der Waals surface area contributed by atoms with Gasteiger partial charge in [-0.1, -0.05) is 0 Å². The van der Waals surface area contributed by atoms with Crippen LogP contribution < -0.4 is 10.1 Å². The molecule has 6 nitrogen and oxygen atoms in total. The number of benzene rings is 1. The standard InChI is InChI=1S/C12H16N2O4/c1-13-10-7-11(12(10)17-2)18-9-5-3-8(4-6-9)14(15)16/h3-6,10-13H,7H2,1-2H3. The SMILES string of the molecule is CNC1CC(Oc2ccc([N+](=O)[O-])cc2)C1OC. The number of nitro groups is 1. The summed E-state index contributed by atoms with van der Waals surface area (Å²) in [7, 11) is 3.54. The van der Waals surface area contributed by atoms with E-state index in [4.69, 9.17) is 9.47 Å². The maximum absolute atomic E-state index is 10.5.